The first-order valence-electron chi connectivity index (χ1n) is 4.67. The van der Waals surface area contributed by atoms with Crippen LogP contribution in [-0.2, 0) is 6.54 Å². The van der Waals surface area contributed by atoms with E-state index in [0.29, 0.717) is 4.99 Å². The second-order valence-electron chi connectivity index (χ2n) is 3.32. The molecule has 0 bridgehead atoms. The number of nitrogens with two attached hydrogens (primary N) is 1. The molecule has 3 nitrogen and oxygen atoms in total. The summed E-state index contributed by atoms with van der Waals surface area (Å²) < 4.78 is 5.25. The van der Waals surface area contributed by atoms with Crippen LogP contribution in [0.4, 0.5) is 0 Å². The topological polar surface area (TPSA) is 42.4 Å². The molecular formula is C10H16N2OS. The fourth-order valence-electron chi connectivity index (χ4n) is 1.49. The summed E-state index contributed by atoms with van der Waals surface area (Å²) in [5, 5.41) is 0. The number of hydrogen-bond donors (Lipinski definition) is 1. The lowest BCUT2D eigenvalue weighted by molar-refractivity contribution is 0.259. The molecule has 2 N–H and O–H groups in total. The van der Waals surface area contributed by atoms with Crippen LogP contribution in [0, 0.1) is 0 Å². The van der Waals surface area contributed by atoms with Gasteiger partial charge < -0.3 is 10.2 Å². The first-order chi connectivity index (χ1) is 6.65. The molecule has 1 atom stereocenters. The van der Waals surface area contributed by atoms with Crippen LogP contribution >= 0.6 is 12.2 Å². The summed E-state index contributed by atoms with van der Waals surface area (Å²) in [5.74, 6) is 0.933. The van der Waals surface area contributed by atoms with Gasteiger partial charge in [-0.1, -0.05) is 19.1 Å². The van der Waals surface area contributed by atoms with E-state index in [-0.39, 0.29) is 6.04 Å². The maximum atomic E-state index is 5.64. The van der Waals surface area contributed by atoms with Crippen LogP contribution in [-0.4, -0.2) is 23.0 Å². The molecule has 1 aromatic heterocycles. The summed E-state index contributed by atoms with van der Waals surface area (Å²) in [6.07, 6.45) is 2.59. The smallest absolute Gasteiger partial charge is 0.117 e. The van der Waals surface area contributed by atoms with Crippen molar-refractivity contribution in [2.45, 2.75) is 25.9 Å². The van der Waals surface area contributed by atoms with Crippen molar-refractivity contribution in [1.29, 1.82) is 0 Å². The van der Waals surface area contributed by atoms with E-state index in [0.717, 1.165) is 18.7 Å². The van der Waals surface area contributed by atoms with Crippen molar-refractivity contribution < 1.29 is 4.42 Å². The van der Waals surface area contributed by atoms with Gasteiger partial charge in [0.25, 0.3) is 0 Å². The third-order valence-electron chi connectivity index (χ3n) is 2.23. The zero-order valence-corrected chi connectivity index (χ0v) is 9.38. The van der Waals surface area contributed by atoms with Crippen molar-refractivity contribution in [3.8, 4) is 0 Å². The Morgan fingerprint density at radius 1 is 1.71 bits per heavy atom. The third kappa shape index (κ3) is 2.82. The van der Waals surface area contributed by atoms with Gasteiger partial charge in [-0.3, -0.25) is 4.90 Å². The Morgan fingerprint density at radius 2 is 2.43 bits per heavy atom. The lowest BCUT2D eigenvalue weighted by Crippen LogP contribution is -2.40. The molecular weight excluding hydrogens is 196 g/mol. The predicted octanol–water partition coefficient (Wildman–Crippen LogP) is 1.78. The third-order valence-corrected chi connectivity index (χ3v) is 2.50. The van der Waals surface area contributed by atoms with E-state index in [2.05, 4.69) is 11.8 Å². The van der Waals surface area contributed by atoms with Crippen molar-refractivity contribution in [3.63, 3.8) is 0 Å². The largest absolute Gasteiger partial charge is 0.468 e. The van der Waals surface area contributed by atoms with Crippen molar-refractivity contribution >= 4 is 17.2 Å². The Balaban J connectivity index is 2.56. The average Bonchev–Trinajstić information content (AvgIpc) is 2.57. The molecule has 0 spiro atoms. The highest BCUT2D eigenvalue weighted by Crippen LogP contribution is 2.09. The average molecular weight is 212 g/mol. The standard InChI is InChI=1S/C10H16N2OS/c1-3-9(10(11)14)12(2)7-8-5-4-6-13-8/h4-6,9H,3,7H2,1-2H3,(H2,11,14). The van der Waals surface area contributed by atoms with Gasteiger partial charge in [0, 0.05) is 0 Å². The quantitative estimate of drug-likeness (QED) is 0.755. The van der Waals surface area contributed by atoms with Gasteiger partial charge in [0.05, 0.1) is 23.8 Å². The normalized spacial score (nSPS) is 13.1. The van der Waals surface area contributed by atoms with E-state index in [1.54, 1.807) is 6.26 Å². The Labute approximate surface area is 89.9 Å². The molecule has 0 radical (unpaired) electrons. The van der Waals surface area contributed by atoms with Crippen LogP contribution in [0.25, 0.3) is 0 Å². The highest BCUT2D eigenvalue weighted by Gasteiger charge is 2.16. The number of thiocarbonyl (C=S) groups is 1. The van der Waals surface area contributed by atoms with Crippen molar-refractivity contribution in [2.24, 2.45) is 5.73 Å². The van der Waals surface area contributed by atoms with Gasteiger partial charge in [0.15, 0.2) is 0 Å². The molecule has 0 aliphatic carbocycles. The first kappa shape index (κ1) is 11.2. The van der Waals surface area contributed by atoms with E-state index in [9.17, 15) is 0 Å². The minimum atomic E-state index is 0.148. The second kappa shape index (κ2) is 5.12. The minimum absolute atomic E-state index is 0.148. The SMILES string of the molecule is CCC(C(N)=S)N(C)Cc1ccco1. The predicted molar refractivity (Wildman–Crippen MR) is 61.0 cm³/mol. The number of likely N-dealkylation sites (N-methyl/N-ethyl adjacent to an activating group) is 1. The molecule has 1 rings (SSSR count). The number of nitrogens with zero attached hydrogens (tertiary/aromatic N) is 1. The highest BCUT2D eigenvalue weighted by molar-refractivity contribution is 7.80. The van der Waals surface area contributed by atoms with Crippen molar-refractivity contribution in [1.82, 2.24) is 4.90 Å². The molecule has 4 heteroatoms. The molecule has 1 heterocycles. The van der Waals surface area contributed by atoms with Crippen LogP contribution in [0.3, 0.4) is 0 Å². The number of hydrogen-bond acceptors (Lipinski definition) is 3. The molecule has 0 aliphatic rings. The summed E-state index contributed by atoms with van der Waals surface area (Å²) in [7, 11) is 2.00. The van der Waals surface area contributed by atoms with Crippen LogP contribution in [0.15, 0.2) is 22.8 Å². The number of rotatable bonds is 5. The van der Waals surface area contributed by atoms with Gasteiger partial charge in [-0.05, 0) is 25.6 Å². The maximum absolute atomic E-state index is 5.64. The molecule has 0 saturated heterocycles. The highest BCUT2D eigenvalue weighted by atomic mass is 32.1. The van der Waals surface area contributed by atoms with Gasteiger partial charge in [0.2, 0.25) is 0 Å². The van der Waals surface area contributed by atoms with Crippen LogP contribution in [0.2, 0.25) is 0 Å². The summed E-state index contributed by atoms with van der Waals surface area (Å²) in [6.45, 7) is 2.81. The molecule has 0 fully saturated rings. The Morgan fingerprint density at radius 3 is 2.86 bits per heavy atom. The van der Waals surface area contributed by atoms with Crippen molar-refractivity contribution in [2.75, 3.05) is 7.05 Å². The zero-order chi connectivity index (χ0) is 10.6. The molecule has 1 unspecified atom stereocenters. The van der Waals surface area contributed by atoms with E-state index in [4.69, 9.17) is 22.4 Å². The van der Waals surface area contributed by atoms with Crippen molar-refractivity contribution in [3.05, 3.63) is 24.2 Å². The van der Waals surface area contributed by atoms with Crippen LogP contribution in [0.1, 0.15) is 19.1 Å². The van der Waals surface area contributed by atoms with Crippen LogP contribution in [0.5, 0.6) is 0 Å². The monoisotopic (exact) mass is 212 g/mol. The lowest BCUT2D eigenvalue weighted by Gasteiger charge is -2.24. The van der Waals surface area contributed by atoms with E-state index in [1.807, 2.05) is 19.2 Å². The van der Waals surface area contributed by atoms with E-state index >= 15 is 0 Å². The van der Waals surface area contributed by atoms with Gasteiger partial charge in [-0.25, -0.2) is 0 Å². The minimum Gasteiger partial charge on any atom is -0.468 e. The van der Waals surface area contributed by atoms with Gasteiger partial charge in [-0.15, -0.1) is 0 Å². The van der Waals surface area contributed by atoms with Gasteiger partial charge >= 0.3 is 0 Å². The molecule has 0 aliphatic heterocycles. The molecule has 0 amide bonds. The fourth-order valence-corrected chi connectivity index (χ4v) is 1.84. The first-order valence-corrected chi connectivity index (χ1v) is 5.08. The Kier molecular flexibility index (Phi) is 4.10. The Hall–Kier alpha value is -0.870. The maximum Gasteiger partial charge on any atom is 0.117 e. The molecule has 0 aromatic carbocycles. The zero-order valence-electron chi connectivity index (χ0n) is 8.56. The van der Waals surface area contributed by atoms with Gasteiger partial charge in [-0.2, -0.15) is 0 Å². The van der Waals surface area contributed by atoms with E-state index < -0.39 is 0 Å². The molecule has 1 aromatic rings. The second-order valence-corrected chi connectivity index (χ2v) is 3.79. The molecule has 14 heavy (non-hydrogen) atoms. The summed E-state index contributed by atoms with van der Waals surface area (Å²) in [4.78, 5) is 2.64. The van der Waals surface area contributed by atoms with E-state index in [1.165, 1.54) is 0 Å². The molecule has 78 valence electrons. The van der Waals surface area contributed by atoms with Gasteiger partial charge in [0.1, 0.15) is 5.76 Å². The lowest BCUT2D eigenvalue weighted by atomic mass is 10.2. The molecule has 0 saturated carbocycles. The fraction of sp³-hybridized carbons (Fsp3) is 0.500. The number of furan rings is 1. The Bertz CT molecular complexity index is 284. The summed E-state index contributed by atoms with van der Waals surface area (Å²) in [5.41, 5.74) is 5.64. The van der Waals surface area contributed by atoms with Crippen LogP contribution < -0.4 is 5.73 Å². The summed E-state index contributed by atoms with van der Waals surface area (Å²) >= 11 is 4.99. The summed E-state index contributed by atoms with van der Waals surface area (Å²) in [6, 6.07) is 3.98.